The molecule has 0 bridgehead atoms. The van der Waals surface area contributed by atoms with Crippen molar-refractivity contribution in [1.29, 1.82) is 5.26 Å². The van der Waals surface area contributed by atoms with Crippen molar-refractivity contribution in [1.82, 2.24) is 20.9 Å². The summed E-state index contributed by atoms with van der Waals surface area (Å²) in [5.74, 6) is -2.07. The molecule has 1 saturated heterocycles. The van der Waals surface area contributed by atoms with Crippen LogP contribution in [0.1, 0.15) is 69.1 Å². The first-order valence-corrected chi connectivity index (χ1v) is 10.8. The normalized spacial score (nSPS) is 22.6. The quantitative estimate of drug-likeness (QED) is 0.469. The topological polar surface area (TPSA) is 127 Å². The van der Waals surface area contributed by atoms with E-state index >= 15 is 0 Å². The Morgan fingerprint density at radius 2 is 1.91 bits per heavy atom. The Bertz CT molecular complexity index is 975. The van der Waals surface area contributed by atoms with E-state index in [4.69, 9.17) is 0 Å². The van der Waals surface area contributed by atoms with Crippen LogP contribution in [0.5, 0.6) is 0 Å². The summed E-state index contributed by atoms with van der Waals surface area (Å²) in [5, 5.41) is 17.5. The molecule has 11 heteroatoms. The van der Waals surface area contributed by atoms with E-state index in [1.165, 1.54) is 0 Å². The number of rotatable bonds is 8. The molecular weight excluding hydrogens is 439 g/mol. The van der Waals surface area contributed by atoms with Gasteiger partial charge in [0.25, 0.3) is 5.91 Å². The molecule has 3 atom stereocenters. The van der Waals surface area contributed by atoms with Gasteiger partial charge in [-0.25, -0.2) is 0 Å². The van der Waals surface area contributed by atoms with Gasteiger partial charge in [0.2, 0.25) is 11.8 Å². The summed E-state index contributed by atoms with van der Waals surface area (Å²) in [6.07, 6.45) is -1.99. The van der Waals surface area contributed by atoms with Gasteiger partial charge in [-0.2, -0.15) is 18.4 Å². The van der Waals surface area contributed by atoms with E-state index < -0.39 is 47.2 Å². The fourth-order valence-electron chi connectivity index (χ4n) is 4.13. The van der Waals surface area contributed by atoms with E-state index in [9.17, 15) is 32.8 Å². The minimum Gasteiger partial charge on any atom is -0.351 e. The Hall–Kier alpha value is -3.03. The summed E-state index contributed by atoms with van der Waals surface area (Å²) in [7, 11) is 0. The van der Waals surface area contributed by atoms with Gasteiger partial charge in [-0.3, -0.25) is 14.4 Å². The van der Waals surface area contributed by atoms with Crippen molar-refractivity contribution < 1.29 is 27.6 Å². The molecule has 8 nitrogen and oxygen atoms in total. The van der Waals surface area contributed by atoms with Crippen LogP contribution in [0.15, 0.2) is 12.1 Å². The van der Waals surface area contributed by atoms with E-state index in [0.29, 0.717) is 6.42 Å². The molecule has 2 heterocycles. The lowest BCUT2D eigenvalue weighted by Gasteiger charge is -2.23. The van der Waals surface area contributed by atoms with Crippen LogP contribution in [0.2, 0.25) is 0 Å². The minimum absolute atomic E-state index is 0.126. The van der Waals surface area contributed by atoms with E-state index in [0.717, 1.165) is 25.0 Å². The highest BCUT2D eigenvalue weighted by atomic mass is 19.4. The maximum Gasteiger partial charge on any atom is 0.431 e. The Kier molecular flexibility index (Phi) is 6.51. The molecule has 1 aliphatic heterocycles. The summed E-state index contributed by atoms with van der Waals surface area (Å²) in [6.45, 7) is 5.69. The van der Waals surface area contributed by atoms with Gasteiger partial charge in [-0.1, -0.05) is 6.92 Å². The SMILES string of the molecule is CC1(C[C@H](NC(=O)c2ccc(C(F)(F)F)[nH]2)C(=O)N[C@H](C#N)C[C@@H]2CC(C)(C)NC2=O)CC1. The Balaban J connectivity index is 1.67. The van der Waals surface area contributed by atoms with Gasteiger partial charge in [-0.05, 0) is 63.5 Å². The van der Waals surface area contributed by atoms with Crippen molar-refractivity contribution >= 4 is 17.7 Å². The van der Waals surface area contributed by atoms with Gasteiger partial charge in [0, 0.05) is 11.5 Å². The number of halogens is 3. The zero-order chi connectivity index (χ0) is 24.6. The van der Waals surface area contributed by atoms with E-state index in [-0.39, 0.29) is 29.9 Å². The lowest BCUT2D eigenvalue weighted by molar-refractivity contribution is -0.140. The van der Waals surface area contributed by atoms with Crippen LogP contribution in [-0.2, 0) is 15.8 Å². The fraction of sp³-hybridized carbons (Fsp3) is 0.636. The number of nitriles is 1. The summed E-state index contributed by atoms with van der Waals surface area (Å²) in [6, 6.07) is 1.77. The fourth-order valence-corrected chi connectivity index (χ4v) is 4.13. The van der Waals surface area contributed by atoms with Gasteiger partial charge in [0.1, 0.15) is 23.5 Å². The number of carbonyl (C=O) groups is 3. The van der Waals surface area contributed by atoms with Crippen LogP contribution in [0.25, 0.3) is 0 Å². The number of nitrogens with one attached hydrogen (secondary N) is 4. The Morgan fingerprint density at radius 1 is 1.24 bits per heavy atom. The summed E-state index contributed by atoms with van der Waals surface area (Å²) >= 11 is 0. The number of carbonyl (C=O) groups excluding carboxylic acids is 3. The van der Waals surface area contributed by atoms with Crippen LogP contribution in [0, 0.1) is 22.7 Å². The van der Waals surface area contributed by atoms with Crippen molar-refractivity contribution in [3.05, 3.63) is 23.5 Å². The molecule has 33 heavy (non-hydrogen) atoms. The molecule has 3 rings (SSSR count). The molecule has 0 radical (unpaired) electrons. The molecule has 2 aliphatic rings. The van der Waals surface area contributed by atoms with Crippen molar-refractivity contribution in [2.75, 3.05) is 0 Å². The second kappa shape index (κ2) is 8.72. The first-order chi connectivity index (χ1) is 15.2. The highest BCUT2D eigenvalue weighted by molar-refractivity contribution is 5.96. The number of aromatic amines is 1. The molecule has 1 aromatic rings. The molecule has 1 aliphatic carbocycles. The third-order valence-electron chi connectivity index (χ3n) is 6.24. The largest absolute Gasteiger partial charge is 0.431 e. The number of hydrogen-bond donors (Lipinski definition) is 4. The number of hydrogen-bond acceptors (Lipinski definition) is 4. The van der Waals surface area contributed by atoms with Crippen molar-refractivity contribution in [3.8, 4) is 6.07 Å². The number of H-pyrrole nitrogens is 1. The second-order valence-corrected chi connectivity index (χ2v) is 10.0. The minimum atomic E-state index is -4.63. The number of alkyl halides is 3. The molecule has 1 saturated carbocycles. The molecule has 3 amide bonds. The van der Waals surface area contributed by atoms with Gasteiger partial charge in [-0.15, -0.1) is 0 Å². The first-order valence-electron chi connectivity index (χ1n) is 10.8. The number of nitrogens with zero attached hydrogens (tertiary/aromatic N) is 1. The van der Waals surface area contributed by atoms with Crippen LogP contribution in [-0.4, -0.2) is 40.3 Å². The maximum absolute atomic E-state index is 13.0. The second-order valence-electron chi connectivity index (χ2n) is 10.0. The average Bonchev–Trinajstić information content (AvgIpc) is 3.11. The molecule has 180 valence electrons. The molecule has 0 aromatic carbocycles. The highest BCUT2D eigenvalue weighted by Gasteiger charge is 2.43. The summed E-state index contributed by atoms with van der Waals surface area (Å²) < 4.78 is 38.5. The van der Waals surface area contributed by atoms with Crippen molar-refractivity contribution in [2.24, 2.45) is 11.3 Å². The number of aromatic nitrogens is 1. The third kappa shape index (κ3) is 6.27. The number of amides is 3. The van der Waals surface area contributed by atoms with E-state index in [1.807, 2.05) is 31.8 Å². The summed E-state index contributed by atoms with van der Waals surface area (Å²) in [5.41, 5.74) is -1.94. The molecule has 0 spiro atoms. The predicted octanol–water partition coefficient (Wildman–Crippen LogP) is 2.64. The standard InChI is InChI=1S/C22H28F3N5O3/c1-20(2)9-12(17(31)30-20)8-13(11-26)27-19(33)15(10-21(3)6-7-21)29-18(32)14-4-5-16(28-14)22(23,24)25/h4-5,12-13,15,28H,6-10H2,1-3H3,(H,27,33)(H,29,32)(H,30,31)/t12-,13+,15+/m1/s1. The van der Waals surface area contributed by atoms with E-state index in [1.54, 1.807) is 0 Å². The van der Waals surface area contributed by atoms with Gasteiger partial charge in [0.05, 0.1) is 6.07 Å². The average molecular weight is 467 g/mol. The van der Waals surface area contributed by atoms with Crippen LogP contribution >= 0.6 is 0 Å². The molecular formula is C22H28F3N5O3. The lowest BCUT2D eigenvalue weighted by atomic mass is 9.91. The summed E-state index contributed by atoms with van der Waals surface area (Å²) in [4.78, 5) is 39.7. The Morgan fingerprint density at radius 3 is 2.39 bits per heavy atom. The maximum atomic E-state index is 13.0. The van der Waals surface area contributed by atoms with E-state index in [2.05, 4.69) is 16.0 Å². The zero-order valence-corrected chi connectivity index (χ0v) is 18.7. The lowest BCUT2D eigenvalue weighted by Crippen LogP contribution is -2.50. The molecule has 0 unspecified atom stereocenters. The van der Waals surface area contributed by atoms with Crippen LogP contribution < -0.4 is 16.0 Å². The molecule has 4 N–H and O–H groups in total. The monoisotopic (exact) mass is 467 g/mol. The zero-order valence-electron chi connectivity index (χ0n) is 18.7. The van der Waals surface area contributed by atoms with Gasteiger partial charge >= 0.3 is 6.18 Å². The van der Waals surface area contributed by atoms with Crippen LogP contribution in [0.4, 0.5) is 13.2 Å². The van der Waals surface area contributed by atoms with Crippen molar-refractivity contribution in [3.63, 3.8) is 0 Å². The van der Waals surface area contributed by atoms with Crippen LogP contribution in [0.3, 0.4) is 0 Å². The third-order valence-corrected chi connectivity index (χ3v) is 6.24. The Labute approximate surface area is 189 Å². The van der Waals surface area contributed by atoms with Gasteiger partial charge < -0.3 is 20.9 Å². The first kappa shape index (κ1) is 24.6. The molecule has 2 fully saturated rings. The predicted molar refractivity (Wildman–Crippen MR) is 111 cm³/mol. The smallest absolute Gasteiger partial charge is 0.351 e. The highest BCUT2D eigenvalue weighted by Crippen LogP contribution is 2.49. The van der Waals surface area contributed by atoms with Gasteiger partial charge in [0.15, 0.2) is 0 Å². The molecule has 1 aromatic heterocycles. The van der Waals surface area contributed by atoms with Crippen molar-refractivity contribution in [2.45, 2.75) is 76.7 Å².